The van der Waals surface area contributed by atoms with E-state index < -0.39 is 0 Å². The molecule has 2 aromatic carbocycles. The van der Waals surface area contributed by atoms with Crippen molar-refractivity contribution in [3.8, 4) is 23.1 Å². The van der Waals surface area contributed by atoms with Gasteiger partial charge in [0.25, 0.3) is 0 Å². The van der Waals surface area contributed by atoms with Crippen LogP contribution in [-0.4, -0.2) is 54.2 Å². The normalized spacial score (nSPS) is 11.4. The van der Waals surface area contributed by atoms with Crippen molar-refractivity contribution in [3.05, 3.63) is 48.4 Å². The van der Waals surface area contributed by atoms with E-state index >= 15 is 0 Å². The maximum atomic E-state index is 6.11. The summed E-state index contributed by atoms with van der Waals surface area (Å²) in [5, 5.41) is 1.86. The number of aromatic nitrogens is 3. The number of hydrogen-bond donors (Lipinski definition) is 1. The summed E-state index contributed by atoms with van der Waals surface area (Å²) < 4.78 is 17.6. The minimum atomic E-state index is 0.476. The Morgan fingerprint density at radius 2 is 1.90 bits per heavy atom. The van der Waals surface area contributed by atoms with Gasteiger partial charge in [-0.1, -0.05) is 0 Å². The Labute approximate surface area is 175 Å². The second-order valence-electron chi connectivity index (χ2n) is 7.51. The van der Waals surface area contributed by atoms with Crippen LogP contribution in [0.15, 0.2) is 42.7 Å². The molecule has 0 fully saturated rings. The smallest absolute Gasteiger partial charge is 0.230 e. The summed E-state index contributed by atoms with van der Waals surface area (Å²) in [6.07, 6.45) is 2.42. The first-order valence-corrected chi connectivity index (χ1v) is 9.91. The molecule has 7 heteroatoms. The minimum absolute atomic E-state index is 0.476. The highest BCUT2D eigenvalue weighted by Gasteiger charge is 2.13. The summed E-state index contributed by atoms with van der Waals surface area (Å²) in [6, 6.07) is 11.7. The largest absolute Gasteiger partial charge is 0.493 e. The lowest BCUT2D eigenvalue weighted by Gasteiger charge is -2.14. The number of fused-ring (bicyclic) bond motifs is 2. The molecule has 0 aliphatic carbocycles. The third kappa shape index (κ3) is 4.31. The van der Waals surface area contributed by atoms with Crippen LogP contribution < -0.4 is 14.2 Å². The van der Waals surface area contributed by atoms with Crippen LogP contribution in [0.4, 0.5) is 0 Å². The van der Waals surface area contributed by atoms with Crippen LogP contribution >= 0.6 is 0 Å². The Morgan fingerprint density at radius 3 is 2.70 bits per heavy atom. The van der Waals surface area contributed by atoms with E-state index in [0.29, 0.717) is 29.7 Å². The summed E-state index contributed by atoms with van der Waals surface area (Å²) in [5.41, 5.74) is 2.92. The van der Waals surface area contributed by atoms with E-state index in [0.717, 1.165) is 40.5 Å². The van der Waals surface area contributed by atoms with Gasteiger partial charge in [-0.05, 0) is 57.8 Å². The van der Waals surface area contributed by atoms with E-state index in [1.807, 2.05) is 51.4 Å². The quantitative estimate of drug-likeness (QED) is 0.433. The number of aryl methyl sites for hydroxylation is 1. The van der Waals surface area contributed by atoms with Gasteiger partial charge in [-0.2, -0.15) is 0 Å². The fourth-order valence-corrected chi connectivity index (χ4v) is 3.39. The molecule has 30 heavy (non-hydrogen) atoms. The molecule has 0 aliphatic heterocycles. The molecule has 7 nitrogen and oxygen atoms in total. The van der Waals surface area contributed by atoms with Gasteiger partial charge in [0.2, 0.25) is 5.88 Å². The standard InChI is InChI=1S/C23H26N4O3/c1-15-10-16-11-17(6-7-19(16)26-15)30-23-18-12-21(28-4)22(13-20(18)24-14-25-23)29-9-5-8-27(2)3/h6-7,10-14,26H,5,8-9H2,1-4H3. The summed E-state index contributed by atoms with van der Waals surface area (Å²) in [4.78, 5) is 14.2. The second-order valence-corrected chi connectivity index (χ2v) is 7.51. The SMILES string of the molecule is COc1cc2c(Oc3ccc4[nH]c(C)cc4c3)ncnc2cc1OCCCN(C)C. The molecule has 0 saturated heterocycles. The third-order valence-corrected chi connectivity index (χ3v) is 4.83. The number of H-pyrrole nitrogens is 1. The molecule has 0 spiro atoms. The van der Waals surface area contributed by atoms with Crippen molar-refractivity contribution in [2.45, 2.75) is 13.3 Å². The summed E-state index contributed by atoms with van der Waals surface area (Å²) in [5.74, 6) is 2.48. The summed E-state index contributed by atoms with van der Waals surface area (Å²) in [7, 11) is 5.72. The monoisotopic (exact) mass is 406 g/mol. The predicted octanol–water partition coefficient (Wildman–Crippen LogP) is 4.55. The number of ether oxygens (including phenoxy) is 3. The van der Waals surface area contributed by atoms with Crippen molar-refractivity contribution in [3.63, 3.8) is 0 Å². The van der Waals surface area contributed by atoms with Crippen molar-refractivity contribution >= 4 is 21.8 Å². The van der Waals surface area contributed by atoms with Crippen LogP contribution in [0.5, 0.6) is 23.1 Å². The highest BCUT2D eigenvalue weighted by atomic mass is 16.5. The summed E-state index contributed by atoms with van der Waals surface area (Å²) >= 11 is 0. The topological polar surface area (TPSA) is 72.5 Å². The van der Waals surface area contributed by atoms with Gasteiger partial charge in [-0.3, -0.25) is 0 Å². The molecule has 0 saturated carbocycles. The van der Waals surface area contributed by atoms with Crippen molar-refractivity contribution in [1.29, 1.82) is 0 Å². The van der Waals surface area contributed by atoms with Gasteiger partial charge in [0.1, 0.15) is 12.1 Å². The molecular formula is C23H26N4O3. The van der Waals surface area contributed by atoms with Gasteiger partial charge in [0.05, 0.1) is 24.6 Å². The van der Waals surface area contributed by atoms with E-state index in [-0.39, 0.29) is 0 Å². The van der Waals surface area contributed by atoms with Crippen LogP contribution in [0.3, 0.4) is 0 Å². The number of benzene rings is 2. The fraction of sp³-hybridized carbons (Fsp3) is 0.304. The molecule has 0 atom stereocenters. The van der Waals surface area contributed by atoms with Gasteiger partial charge in [0.15, 0.2) is 11.5 Å². The zero-order valence-corrected chi connectivity index (χ0v) is 17.7. The Bertz CT molecular complexity index is 1170. The fourth-order valence-electron chi connectivity index (χ4n) is 3.39. The molecular weight excluding hydrogens is 380 g/mol. The molecule has 1 N–H and O–H groups in total. The van der Waals surface area contributed by atoms with Gasteiger partial charge in [-0.25, -0.2) is 9.97 Å². The average Bonchev–Trinajstić information content (AvgIpc) is 3.10. The molecule has 2 heterocycles. The predicted molar refractivity (Wildman–Crippen MR) is 118 cm³/mol. The molecule has 4 aromatic rings. The van der Waals surface area contributed by atoms with Crippen LogP contribution in [0.25, 0.3) is 21.8 Å². The number of rotatable bonds is 8. The third-order valence-electron chi connectivity index (χ3n) is 4.83. The number of hydrogen-bond acceptors (Lipinski definition) is 6. The Balaban J connectivity index is 1.61. The van der Waals surface area contributed by atoms with E-state index in [1.165, 1.54) is 6.33 Å². The second kappa shape index (κ2) is 8.59. The van der Waals surface area contributed by atoms with Gasteiger partial charge in [0, 0.05) is 29.2 Å². The Hall–Kier alpha value is -3.32. The lowest BCUT2D eigenvalue weighted by molar-refractivity contribution is 0.268. The molecule has 4 rings (SSSR count). The maximum absolute atomic E-state index is 6.11. The molecule has 0 aliphatic rings. The van der Waals surface area contributed by atoms with E-state index in [4.69, 9.17) is 14.2 Å². The molecule has 0 bridgehead atoms. The van der Waals surface area contributed by atoms with Gasteiger partial charge < -0.3 is 24.1 Å². The highest BCUT2D eigenvalue weighted by molar-refractivity contribution is 5.87. The van der Waals surface area contributed by atoms with Crippen LogP contribution in [0, 0.1) is 6.92 Å². The van der Waals surface area contributed by atoms with Crippen LogP contribution in [-0.2, 0) is 0 Å². The Kier molecular flexibility index (Phi) is 5.72. The van der Waals surface area contributed by atoms with Gasteiger partial charge in [-0.15, -0.1) is 0 Å². The van der Waals surface area contributed by atoms with E-state index in [9.17, 15) is 0 Å². The van der Waals surface area contributed by atoms with Crippen LogP contribution in [0.2, 0.25) is 0 Å². The Morgan fingerprint density at radius 1 is 1.03 bits per heavy atom. The maximum Gasteiger partial charge on any atom is 0.230 e. The molecule has 156 valence electrons. The van der Waals surface area contributed by atoms with Crippen LogP contribution in [0.1, 0.15) is 12.1 Å². The van der Waals surface area contributed by atoms with Crippen molar-refractivity contribution in [1.82, 2.24) is 19.9 Å². The number of nitrogens with one attached hydrogen (secondary N) is 1. The lowest BCUT2D eigenvalue weighted by Crippen LogP contribution is -2.15. The average molecular weight is 406 g/mol. The molecule has 2 aromatic heterocycles. The summed E-state index contributed by atoms with van der Waals surface area (Å²) in [6.45, 7) is 3.59. The lowest BCUT2D eigenvalue weighted by atomic mass is 10.2. The first-order chi connectivity index (χ1) is 14.5. The minimum Gasteiger partial charge on any atom is -0.493 e. The van der Waals surface area contributed by atoms with Crippen molar-refractivity contribution < 1.29 is 14.2 Å². The highest BCUT2D eigenvalue weighted by Crippen LogP contribution is 2.36. The number of nitrogens with zero attached hydrogens (tertiary/aromatic N) is 3. The molecule has 0 amide bonds. The first kappa shape index (κ1) is 20.0. The number of aromatic amines is 1. The zero-order valence-electron chi connectivity index (χ0n) is 17.7. The first-order valence-electron chi connectivity index (χ1n) is 9.91. The van der Waals surface area contributed by atoms with E-state index in [2.05, 4.69) is 25.9 Å². The number of methoxy groups -OCH3 is 1. The molecule has 0 unspecified atom stereocenters. The molecule has 0 radical (unpaired) electrons. The van der Waals surface area contributed by atoms with Gasteiger partial charge >= 0.3 is 0 Å². The zero-order chi connectivity index (χ0) is 21.1. The van der Waals surface area contributed by atoms with Crippen molar-refractivity contribution in [2.75, 3.05) is 34.4 Å². The van der Waals surface area contributed by atoms with E-state index in [1.54, 1.807) is 7.11 Å². The van der Waals surface area contributed by atoms with Crippen molar-refractivity contribution in [2.24, 2.45) is 0 Å².